The smallest absolute Gasteiger partial charge is 0.326 e. The average molecular weight is 230 g/mol. The van der Waals surface area contributed by atoms with Crippen LogP contribution >= 0.6 is 0 Å². The molecule has 1 rings (SSSR count). The highest BCUT2D eigenvalue weighted by Crippen LogP contribution is 2.19. The molecule has 0 bridgehead atoms. The number of rotatable bonds is 4. The molecule has 1 saturated heterocycles. The molecule has 1 aliphatic rings. The zero-order valence-electron chi connectivity index (χ0n) is 9.30. The quantitative estimate of drug-likeness (QED) is 0.584. The Bertz CT molecular complexity index is 282. The van der Waals surface area contributed by atoms with Gasteiger partial charge in [0.25, 0.3) is 0 Å². The van der Waals surface area contributed by atoms with Crippen molar-refractivity contribution < 1.29 is 19.8 Å². The topological polar surface area (TPSA) is 104 Å². The first-order chi connectivity index (χ1) is 7.45. The molecular weight excluding hydrogens is 212 g/mol. The predicted molar refractivity (Wildman–Crippen MR) is 56.6 cm³/mol. The Morgan fingerprint density at radius 3 is 2.69 bits per heavy atom. The number of nitrogens with two attached hydrogens (primary N) is 1. The van der Waals surface area contributed by atoms with Gasteiger partial charge in [-0.1, -0.05) is 6.92 Å². The molecule has 1 fully saturated rings. The number of likely N-dealkylation sites (tertiary alicyclic amines) is 1. The zero-order chi connectivity index (χ0) is 12.3. The van der Waals surface area contributed by atoms with E-state index in [2.05, 4.69) is 0 Å². The molecule has 16 heavy (non-hydrogen) atoms. The molecule has 0 aliphatic carbocycles. The van der Waals surface area contributed by atoms with E-state index in [1.807, 2.05) is 6.92 Å². The summed E-state index contributed by atoms with van der Waals surface area (Å²) in [7, 11) is 0. The standard InChI is InChI=1S/C10H18N2O4/c1-2-6(11)3-9(14)12-5-7(13)4-8(12)10(15)16/h6-8,13H,2-5,11H2,1H3,(H,15,16). The van der Waals surface area contributed by atoms with Crippen LogP contribution in [0.4, 0.5) is 0 Å². The van der Waals surface area contributed by atoms with E-state index in [4.69, 9.17) is 10.8 Å². The first-order valence-electron chi connectivity index (χ1n) is 5.41. The molecule has 3 atom stereocenters. The Balaban J connectivity index is 2.63. The monoisotopic (exact) mass is 230 g/mol. The summed E-state index contributed by atoms with van der Waals surface area (Å²) in [6.07, 6.45) is 0.151. The van der Waals surface area contributed by atoms with Crippen molar-refractivity contribution in [2.24, 2.45) is 5.73 Å². The van der Waals surface area contributed by atoms with Crippen molar-refractivity contribution in [3.8, 4) is 0 Å². The molecule has 0 spiro atoms. The lowest BCUT2D eigenvalue weighted by molar-refractivity contribution is -0.148. The van der Waals surface area contributed by atoms with E-state index in [1.54, 1.807) is 0 Å². The van der Waals surface area contributed by atoms with E-state index in [9.17, 15) is 14.7 Å². The SMILES string of the molecule is CCC(N)CC(=O)N1CC(O)CC1C(=O)O. The summed E-state index contributed by atoms with van der Waals surface area (Å²) >= 11 is 0. The van der Waals surface area contributed by atoms with Crippen molar-refractivity contribution in [1.82, 2.24) is 4.90 Å². The van der Waals surface area contributed by atoms with E-state index in [1.165, 1.54) is 4.90 Å². The maximum Gasteiger partial charge on any atom is 0.326 e. The second kappa shape index (κ2) is 5.27. The normalized spacial score (nSPS) is 26.8. The van der Waals surface area contributed by atoms with Crippen molar-refractivity contribution in [1.29, 1.82) is 0 Å². The van der Waals surface area contributed by atoms with Gasteiger partial charge in [0.1, 0.15) is 6.04 Å². The first kappa shape index (κ1) is 12.9. The third kappa shape index (κ3) is 2.93. The van der Waals surface area contributed by atoms with Crippen LogP contribution < -0.4 is 5.73 Å². The van der Waals surface area contributed by atoms with Crippen LogP contribution in [-0.4, -0.2) is 51.7 Å². The lowest BCUT2D eigenvalue weighted by atomic mass is 10.1. The second-order valence-corrected chi connectivity index (χ2v) is 4.16. The number of carboxylic acids is 1. The van der Waals surface area contributed by atoms with Crippen LogP contribution in [0.5, 0.6) is 0 Å². The highest BCUT2D eigenvalue weighted by molar-refractivity contribution is 5.84. The fourth-order valence-corrected chi connectivity index (χ4v) is 1.81. The summed E-state index contributed by atoms with van der Waals surface area (Å²) in [5, 5.41) is 18.3. The Hall–Kier alpha value is -1.14. The van der Waals surface area contributed by atoms with Gasteiger partial charge in [0.15, 0.2) is 0 Å². The van der Waals surface area contributed by atoms with Gasteiger partial charge in [0.05, 0.1) is 6.10 Å². The Morgan fingerprint density at radius 1 is 1.56 bits per heavy atom. The largest absolute Gasteiger partial charge is 0.480 e. The Kier molecular flexibility index (Phi) is 4.26. The van der Waals surface area contributed by atoms with Gasteiger partial charge in [-0.15, -0.1) is 0 Å². The van der Waals surface area contributed by atoms with Gasteiger partial charge in [0.2, 0.25) is 5.91 Å². The Morgan fingerprint density at radius 2 is 2.19 bits per heavy atom. The molecule has 0 aromatic carbocycles. The summed E-state index contributed by atoms with van der Waals surface area (Å²) in [6, 6.07) is -1.16. The van der Waals surface area contributed by atoms with Crippen molar-refractivity contribution >= 4 is 11.9 Å². The van der Waals surface area contributed by atoms with E-state index in [-0.39, 0.29) is 31.3 Å². The van der Waals surface area contributed by atoms with Gasteiger partial charge in [-0.25, -0.2) is 4.79 Å². The molecule has 6 nitrogen and oxygen atoms in total. The lowest BCUT2D eigenvalue weighted by Gasteiger charge is -2.22. The summed E-state index contributed by atoms with van der Waals surface area (Å²) in [5.41, 5.74) is 5.64. The van der Waals surface area contributed by atoms with Crippen molar-refractivity contribution in [3.05, 3.63) is 0 Å². The molecule has 0 aromatic heterocycles. The third-order valence-corrected chi connectivity index (χ3v) is 2.85. The van der Waals surface area contributed by atoms with Crippen LogP contribution in [0, 0.1) is 0 Å². The number of hydrogen-bond acceptors (Lipinski definition) is 4. The van der Waals surface area contributed by atoms with Gasteiger partial charge in [-0.3, -0.25) is 4.79 Å². The van der Waals surface area contributed by atoms with Gasteiger partial charge in [-0.05, 0) is 6.42 Å². The number of hydrogen-bond donors (Lipinski definition) is 3. The average Bonchev–Trinajstić information content (AvgIpc) is 2.60. The van der Waals surface area contributed by atoms with Crippen LogP contribution in [0.3, 0.4) is 0 Å². The van der Waals surface area contributed by atoms with Crippen molar-refractivity contribution in [2.45, 2.75) is 44.4 Å². The number of nitrogens with zero attached hydrogens (tertiary/aromatic N) is 1. The van der Waals surface area contributed by atoms with Crippen LogP contribution in [0.1, 0.15) is 26.2 Å². The number of aliphatic hydroxyl groups is 1. The maximum atomic E-state index is 11.7. The lowest BCUT2D eigenvalue weighted by Crippen LogP contribution is -2.42. The number of β-amino-alcohol motifs (C(OH)–C–C–N with tert-alkyl or cyclic N) is 1. The second-order valence-electron chi connectivity index (χ2n) is 4.16. The van der Waals surface area contributed by atoms with E-state index in [0.717, 1.165) is 0 Å². The fourth-order valence-electron chi connectivity index (χ4n) is 1.81. The molecule has 4 N–H and O–H groups in total. The van der Waals surface area contributed by atoms with Crippen LogP contribution in [0.15, 0.2) is 0 Å². The summed E-state index contributed by atoms with van der Waals surface area (Å²) in [6.45, 7) is 1.96. The first-order valence-corrected chi connectivity index (χ1v) is 5.41. The van der Waals surface area contributed by atoms with E-state index >= 15 is 0 Å². The third-order valence-electron chi connectivity index (χ3n) is 2.85. The molecule has 1 aliphatic heterocycles. The summed E-state index contributed by atoms with van der Waals surface area (Å²) in [4.78, 5) is 23.8. The number of amides is 1. The Labute approximate surface area is 94.0 Å². The highest BCUT2D eigenvalue weighted by atomic mass is 16.4. The number of aliphatic carboxylic acids is 1. The highest BCUT2D eigenvalue weighted by Gasteiger charge is 2.38. The van der Waals surface area contributed by atoms with Gasteiger partial charge >= 0.3 is 5.97 Å². The van der Waals surface area contributed by atoms with Crippen LogP contribution in [0.2, 0.25) is 0 Å². The van der Waals surface area contributed by atoms with Gasteiger partial charge in [0, 0.05) is 25.4 Å². The molecule has 0 saturated carbocycles. The summed E-state index contributed by atoms with van der Waals surface area (Å²) < 4.78 is 0. The zero-order valence-corrected chi connectivity index (χ0v) is 9.30. The number of carbonyl (C=O) groups is 2. The van der Waals surface area contributed by atoms with E-state index in [0.29, 0.717) is 6.42 Å². The predicted octanol–water partition coefficient (Wildman–Crippen LogP) is -0.840. The molecule has 1 heterocycles. The minimum Gasteiger partial charge on any atom is -0.480 e. The molecule has 0 radical (unpaired) electrons. The minimum absolute atomic E-state index is 0.0895. The number of carboxylic acid groups (broad SMARTS) is 1. The molecule has 3 unspecified atom stereocenters. The van der Waals surface area contributed by atoms with E-state index < -0.39 is 18.1 Å². The van der Waals surface area contributed by atoms with Crippen LogP contribution in [-0.2, 0) is 9.59 Å². The number of carbonyl (C=O) groups excluding carboxylic acids is 1. The molecular formula is C10H18N2O4. The van der Waals surface area contributed by atoms with Crippen molar-refractivity contribution in [2.75, 3.05) is 6.54 Å². The molecule has 0 aromatic rings. The molecule has 6 heteroatoms. The van der Waals surface area contributed by atoms with Crippen molar-refractivity contribution in [3.63, 3.8) is 0 Å². The van der Waals surface area contributed by atoms with Crippen LogP contribution in [0.25, 0.3) is 0 Å². The maximum absolute atomic E-state index is 11.7. The molecule has 1 amide bonds. The van der Waals surface area contributed by atoms with Gasteiger partial charge < -0.3 is 20.8 Å². The number of aliphatic hydroxyl groups excluding tert-OH is 1. The van der Waals surface area contributed by atoms with Gasteiger partial charge in [-0.2, -0.15) is 0 Å². The minimum atomic E-state index is -1.07. The summed E-state index contributed by atoms with van der Waals surface area (Å²) in [5.74, 6) is -1.37. The fraction of sp³-hybridized carbons (Fsp3) is 0.800. The molecule has 92 valence electrons.